The van der Waals surface area contributed by atoms with Crippen molar-refractivity contribution >= 4 is 0 Å². The molecule has 1 atom stereocenters. The zero-order valence-electron chi connectivity index (χ0n) is 8.95. The van der Waals surface area contributed by atoms with Crippen LogP contribution < -0.4 is 5.73 Å². The molecule has 0 spiro atoms. The summed E-state index contributed by atoms with van der Waals surface area (Å²) >= 11 is 0. The maximum atomic E-state index is 5.71. The molecule has 0 aliphatic carbocycles. The van der Waals surface area contributed by atoms with Crippen LogP contribution in [0, 0.1) is 0 Å². The second-order valence-corrected chi connectivity index (χ2v) is 3.26. The van der Waals surface area contributed by atoms with Gasteiger partial charge in [0.05, 0.1) is 13.2 Å². The standard InChI is InChI=1S/C9H22N2O2/c1-9(10)8-11(4-6-12-2)5-7-13-3/h9H,4-8,10H2,1-3H3/t9-/m0/s1. The summed E-state index contributed by atoms with van der Waals surface area (Å²) in [5.41, 5.74) is 5.71. The van der Waals surface area contributed by atoms with E-state index < -0.39 is 0 Å². The van der Waals surface area contributed by atoms with E-state index in [1.165, 1.54) is 0 Å². The lowest BCUT2D eigenvalue weighted by atomic mass is 10.3. The Balaban J connectivity index is 3.60. The van der Waals surface area contributed by atoms with Crippen molar-refractivity contribution in [3.05, 3.63) is 0 Å². The van der Waals surface area contributed by atoms with Crippen molar-refractivity contribution < 1.29 is 9.47 Å². The van der Waals surface area contributed by atoms with E-state index in [2.05, 4.69) is 4.90 Å². The first-order valence-corrected chi connectivity index (χ1v) is 4.66. The quantitative estimate of drug-likeness (QED) is 0.582. The summed E-state index contributed by atoms with van der Waals surface area (Å²) in [6, 6.07) is 0.203. The molecule has 2 N–H and O–H groups in total. The summed E-state index contributed by atoms with van der Waals surface area (Å²) in [4.78, 5) is 2.25. The normalized spacial score (nSPS) is 13.6. The lowest BCUT2D eigenvalue weighted by molar-refractivity contribution is 0.111. The number of nitrogens with zero attached hydrogens (tertiary/aromatic N) is 1. The molecule has 4 nitrogen and oxygen atoms in total. The fraction of sp³-hybridized carbons (Fsp3) is 1.00. The molecule has 0 rings (SSSR count). The highest BCUT2D eigenvalue weighted by Gasteiger charge is 2.06. The number of hydrogen-bond acceptors (Lipinski definition) is 4. The minimum Gasteiger partial charge on any atom is -0.383 e. The fourth-order valence-electron chi connectivity index (χ4n) is 1.14. The smallest absolute Gasteiger partial charge is 0.0589 e. The van der Waals surface area contributed by atoms with Gasteiger partial charge in [0.2, 0.25) is 0 Å². The number of nitrogens with two attached hydrogens (primary N) is 1. The van der Waals surface area contributed by atoms with E-state index >= 15 is 0 Å². The summed E-state index contributed by atoms with van der Waals surface area (Å²) in [5, 5.41) is 0. The highest BCUT2D eigenvalue weighted by molar-refractivity contribution is 4.63. The van der Waals surface area contributed by atoms with Gasteiger partial charge in [-0.05, 0) is 6.92 Å². The molecule has 0 aromatic carbocycles. The highest BCUT2D eigenvalue weighted by Crippen LogP contribution is 1.91. The first kappa shape index (κ1) is 12.8. The molecule has 0 unspecified atom stereocenters. The second kappa shape index (κ2) is 8.44. The maximum absolute atomic E-state index is 5.71. The molecule has 0 radical (unpaired) electrons. The molecule has 4 heteroatoms. The Labute approximate surface area is 81.0 Å². The van der Waals surface area contributed by atoms with Crippen LogP contribution in [0.25, 0.3) is 0 Å². The monoisotopic (exact) mass is 190 g/mol. The topological polar surface area (TPSA) is 47.7 Å². The zero-order valence-corrected chi connectivity index (χ0v) is 8.95. The fourth-order valence-corrected chi connectivity index (χ4v) is 1.14. The molecule has 0 saturated heterocycles. The molecule has 0 aromatic heterocycles. The van der Waals surface area contributed by atoms with Crippen LogP contribution in [0.2, 0.25) is 0 Å². The van der Waals surface area contributed by atoms with Crippen LogP contribution in [0.4, 0.5) is 0 Å². The Morgan fingerprint density at radius 3 is 1.92 bits per heavy atom. The minimum absolute atomic E-state index is 0.203. The van der Waals surface area contributed by atoms with E-state index in [1.807, 2.05) is 6.92 Å². The molecule has 0 saturated carbocycles. The van der Waals surface area contributed by atoms with Crippen molar-refractivity contribution in [1.82, 2.24) is 4.90 Å². The van der Waals surface area contributed by atoms with Crippen LogP contribution in [0.3, 0.4) is 0 Å². The van der Waals surface area contributed by atoms with Gasteiger partial charge in [0.1, 0.15) is 0 Å². The van der Waals surface area contributed by atoms with E-state index in [-0.39, 0.29) is 6.04 Å². The lowest BCUT2D eigenvalue weighted by Crippen LogP contribution is -2.39. The molecule has 0 aliphatic heterocycles. The van der Waals surface area contributed by atoms with Gasteiger partial charge in [-0.1, -0.05) is 0 Å². The van der Waals surface area contributed by atoms with Gasteiger partial charge in [0.15, 0.2) is 0 Å². The highest BCUT2D eigenvalue weighted by atomic mass is 16.5. The number of rotatable bonds is 8. The summed E-state index contributed by atoms with van der Waals surface area (Å²) < 4.78 is 10.0. The minimum atomic E-state index is 0.203. The number of hydrogen-bond donors (Lipinski definition) is 1. The summed E-state index contributed by atoms with van der Waals surface area (Å²) in [5.74, 6) is 0. The molecule has 0 heterocycles. The average Bonchev–Trinajstić information content (AvgIpc) is 2.09. The molecule has 0 fully saturated rings. The second-order valence-electron chi connectivity index (χ2n) is 3.26. The van der Waals surface area contributed by atoms with Crippen molar-refractivity contribution in [2.75, 3.05) is 47.1 Å². The number of methoxy groups -OCH3 is 2. The van der Waals surface area contributed by atoms with Gasteiger partial charge in [-0.25, -0.2) is 0 Å². The Morgan fingerprint density at radius 2 is 1.62 bits per heavy atom. The predicted molar refractivity (Wildman–Crippen MR) is 53.8 cm³/mol. The van der Waals surface area contributed by atoms with Crippen LogP contribution in [0.1, 0.15) is 6.92 Å². The van der Waals surface area contributed by atoms with Crippen molar-refractivity contribution in [2.45, 2.75) is 13.0 Å². The van der Waals surface area contributed by atoms with E-state index in [9.17, 15) is 0 Å². The third kappa shape index (κ3) is 8.18. The van der Waals surface area contributed by atoms with Gasteiger partial charge >= 0.3 is 0 Å². The van der Waals surface area contributed by atoms with Crippen molar-refractivity contribution in [3.63, 3.8) is 0 Å². The Bertz CT molecular complexity index is 102. The Morgan fingerprint density at radius 1 is 1.15 bits per heavy atom. The van der Waals surface area contributed by atoms with E-state index in [4.69, 9.17) is 15.2 Å². The van der Waals surface area contributed by atoms with Crippen LogP contribution in [0.5, 0.6) is 0 Å². The van der Waals surface area contributed by atoms with Crippen molar-refractivity contribution in [2.24, 2.45) is 5.73 Å². The zero-order chi connectivity index (χ0) is 10.1. The van der Waals surface area contributed by atoms with Gasteiger partial charge in [-0.3, -0.25) is 4.90 Å². The molecular formula is C9H22N2O2. The van der Waals surface area contributed by atoms with Gasteiger partial charge in [-0.2, -0.15) is 0 Å². The molecular weight excluding hydrogens is 168 g/mol. The average molecular weight is 190 g/mol. The van der Waals surface area contributed by atoms with Crippen LogP contribution in [-0.2, 0) is 9.47 Å². The maximum Gasteiger partial charge on any atom is 0.0589 e. The third-order valence-corrected chi connectivity index (χ3v) is 1.77. The molecule has 13 heavy (non-hydrogen) atoms. The summed E-state index contributed by atoms with van der Waals surface area (Å²) in [6.45, 7) is 6.23. The Kier molecular flexibility index (Phi) is 8.33. The third-order valence-electron chi connectivity index (χ3n) is 1.77. The van der Waals surface area contributed by atoms with Gasteiger partial charge in [0, 0.05) is 39.9 Å². The van der Waals surface area contributed by atoms with Gasteiger partial charge < -0.3 is 15.2 Å². The van der Waals surface area contributed by atoms with Crippen LogP contribution in [0.15, 0.2) is 0 Å². The molecule has 0 amide bonds. The molecule has 0 aliphatic rings. The molecule has 80 valence electrons. The molecule has 0 aromatic rings. The van der Waals surface area contributed by atoms with E-state index in [0.29, 0.717) is 0 Å². The van der Waals surface area contributed by atoms with Crippen molar-refractivity contribution in [3.8, 4) is 0 Å². The lowest BCUT2D eigenvalue weighted by Gasteiger charge is -2.23. The SMILES string of the molecule is COCCN(CCOC)C[C@H](C)N. The molecule has 0 bridgehead atoms. The van der Waals surface area contributed by atoms with E-state index in [1.54, 1.807) is 14.2 Å². The predicted octanol–water partition coefficient (Wildman–Crippen LogP) is -0.0716. The van der Waals surface area contributed by atoms with Gasteiger partial charge in [0.25, 0.3) is 0 Å². The summed E-state index contributed by atoms with van der Waals surface area (Å²) in [6.07, 6.45) is 0. The van der Waals surface area contributed by atoms with Gasteiger partial charge in [-0.15, -0.1) is 0 Å². The van der Waals surface area contributed by atoms with Crippen LogP contribution in [-0.4, -0.2) is 58.0 Å². The summed E-state index contributed by atoms with van der Waals surface area (Å²) in [7, 11) is 3.42. The Hall–Kier alpha value is -0.160. The first-order chi connectivity index (χ1) is 6.20. The van der Waals surface area contributed by atoms with E-state index in [0.717, 1.165) is 32.8 Å². The largest absolute Gasteiger partial charge is 0.383 e. The van der Waals surface area contributed by atoms with Crippen molar-refractivity contribution in [1.29, 1.82) is 0 Å². The van der Waals surface area contributed by atoms with Crippen LogP contribution >= 0.6 is 0 Å². The number of ether oxygens (including phenoxy) is 2. The first-order valence-electron chi connectivity index (χ1n) is 4.66.